The van der Waals surface area contributed by atoms with E-state index in [1.165, 1.54) is 0 Å². The van der Waals surface area contributed by atoms with Gasteiger partial charge in [-0.2, -0.15) is 5.10 Å². The van der Waals surface area contributed by atoms with Gasteiger partial charge in [0.05, 0.1) is 11.7 Å². The van der Waals surface area contributed by atoms with Gasteiger partial charge >= 0.3 is 0 Å². The monoisotopic (exact) mass is 224 g/mol. The molecule has 3 rings (SSSR count). The largest absolute Gasteiger partial charge is 0.373 e. The van der Waals surface area contributed by atoms with Gasteiger partial charge in [0.1, 0.15) is 5.82 Å². The highest BCUT2D eigenvalue weighted by Crippen LogP contribution is 2.24. The molecule has 0 fully saturated rings. The highest BCUT2D eigenvalue weighted by molar-refractivity contribution is 5.84. The number of H-pyrrole nitrogens is 1. The number of hydrogen-bond acceptors (Lipinski definition) is 3. The second-order valence-corrected chi connectivity index (χ2v) is 3.85. The second kappa shape index (κ2) is 3.90. The Morgan fingerprint density at radius 1 is 1.12 bits per heavy atom. The maximum Gasteiger partial charge on any atom is 0.126 e. The van der Waals surface area contributed by atoms with Crippen LogP contribution in [0.3, 0.4) is 0 Å². The van der Waals surface area contributed by atoms with E-state index in [9.17, 15) is 0 Å². The molecule has 2 N–H and O–H groups in total. The van der Waals surface area contributed by atoms with E-state index in [2.05, 4.69) is 32.6 Å². The van der Waals surface area contributed by atoms with Crippen LogP contribution in [0.2, 0.25) is 0 Å². The van der Waals surface area contributed by atoms with Crippen molar-refractivity contribution in [3.8, 4) is 11.1 Å². The van der Waals surface area contributed by atoms with Gasteiger partial charge in [-0.3, -0.25) is 5.10 Å². The van der Waals surface area contributed by atoms with E-state index in [4.69, 9.17) is 0 Å². The SMILES string of the molecule is CNc1cc(-c2ccc3[nH]ncc3c2)ccn1. The van der Waals surface area contributed by atoms with Crippen LogP contribution in [-0.2, 0) is 0 Å². The molecule has 2 aromatic heterocycles. The van der Waals surface area contributed by atoms with Crippen molar-refractivity contribution in [3.05, 3.63) is 42.7 Å². The van der Waals surface area contributed by atoms with E-state index in [1.54, 1.807) is 6.20 Å². The van der Waals surface area contributed by atoms with E-state index in [0.29, 0.717) is 0 Å². The first-order valence-electron chi connectivity index (χ1n) is 5.44. The third-order valence-electron chi connectivity index (χ3n) is 2.79. The van der Waals surface area contributed by atoms with Gasteiger partial charge in [0.2, 0.25) is 0 Å². The average Bonchev–Trinajstić information content (AvgIpc) is 2.86. The fraction of sp³-hybridized carbons (Fsp3) is 0.0769. The fourth-order valence-electron chi connectivity index (χ4n) is 1.87. The number of benzene rings is 1. The number of hydrogen-bond donors (Lipinski definition) is 2. The molecule has 0 amide bonds. The fourth-order valence-corrected chi connectivity index (χ4v) is 1.87. The lowest BCUT2D eigenvalue weighted by molar-refractivity contribution is 1.12. The van der Waals surface area contributed by atoms with Gasteiger partial charge in [-0.25, -0.2) is 4.98 Å². The van der Waals surface area contributed by atoms with Crippen LogP contribution < -0.4 is 5.32 Å². The van der Waals surface area contributed by atoms with Crippen LogP contribution in [0.5, 0.6) is 0 Å². The lowest BCUT2D eigenvalue weighted by atomic mass is 10.1. The number of fused-ring (bicyclic) bond motifs is 1. The lowest BCUT2D eigenvalue weighted by Gasteiger charge is -2.04. The lowest BCUT2D eigenvalue weighted by Crippen LogP contribution is -1.91. The molecule has 0 unspecified atom stereocenters. The predicted molar refractivity (Wildman–Crippen MR) is 68.9 cm³/mol. The molecule has 0 aliphatic carbocycles. The maximum atomic E-state index is 4.21. The molecule has 0 spiro atoms. The van der Waals surface area contributed by atoms with Crippen molar-refractivity contribution in [2.45, 2.75) is 0 Å². The minimum absolute atomic E-state index is 0.870. The predicted octanol–water partition coefficient (Wildman–Crippen LogP) is 2.67. The van der Waals surface area contributed by atoms with Crippen molar-refractivity contribution >= 4 is 16.7 Å². The van der Waals surface area contributed by atoms with Gasteiger partial charge in [0, 0.05) is 18.6 Å². The zero-order valence-corrected chi connectivity index (χ0v) is 9.44. The summed E-state index contributed by atoms with van der Waals surface area (Å²) in [6.45, 7) is 0. The molecule has 0 saturated carbocycles. The number of rotatable bonds is 2. The molecule has 0 saturated heterocycles. The van der Waals surface area contributed by atoms with Gasteiger partial charge in [-0.05, 0) is 35.4 Å². The minimum atomic E-state index is 0.870. The summed E-state index contributed by atoms with van der Waals surface area (Å²) < 4.78 is 0. The summed E-state index contributed by atoms with van der Waals surface area (Å²) in [5, 5.41) is 11.1. The molecule has 4 nitrogen and oxygen atoms in total. The quantitative estimate of drug-likeness (QED) is 0.703. The molecule has 84 valence electrons. The second-order valence-electron chi connectivity index (χ2n) is 3.85. The summed E-state index contributed by atoms with van der Waals surface area (Å²) in [4.78, 5) is 4.21. The van der Waals surface area contributed by atoms with Crippen molar-refractivity contribution in [1.29, 1.82) is 0 Å². The third-order valence-corrected chi connectivity index (χ3v) is 2.79. The summed E-state index contributed by atoms with van der Waals surface area (Å²) >= 11 is 0. The van der Waals surface area contributed by atoms with Crippen LogP contribution >= 0.6 is 0 Å². The summed E-state index contributed by atoms with van der Waals surface area (Å²) in [5.41, 5.74) is 3.36. The molecule has 0 bridgehead atoms. The van der Waals surface area contributed by atoms with Crippen LogP contribution in [0.1, 0.15) is 0 Å². The first-order chi connectivity index (χ1) is 8.36. The smallest absolute Gasteiger partial charge is 0.126 e. The van der Waals surface area contributed by atoms with Crippen molar-refractivity contribution in [1.82, 2.24) is 15.2 Å². The van der Waals surface area contributed by atoms with E-state index < -0.39 is 0 Å². The van der Waals surface area contributed by atoms with Crippen molar-refractivity contribution in [3.63, 3.8) is 0 Å². The highest BCUT2D eigenvalue weighted by Gasteiger charge is 2.02. The number of nitrogens with zero attached hydrogens (tertiary/aromatic N) is 2. The highest BCUT2D eigenvalue weighted by atomic mass is 15.1. The number of anilines is 1. The Morgan fingerprint density at radius 3 is 2.88 bits per heavy atom. The zero-order valence-electron chi connectivity index (χ0n) is 9.44. The summed E-state index contributed by atoms with van der Waals surface area (Å²) in [5.74, 6) is 0.870. The Hall–Kier alpha value is -2.36. The molecular formula is C13H12N4. The zero-order chi connectivity index (χ0) is 11.7. The molecule has 1 aromatic carbocycles. The molecule has 0 aliphatic rings. The number of aromatic nitrogens is 3. The molecule has 17 heavy (non-hydrogen) atoms. The van der Waals surface area contributed by atoms with Crippen LogP contribution in [0, 0.1) is 0 Å². The molecular weight excluding hydrogens is 212 g/mol. The van der Waals surface area contributed by atoms with Crippen molar-refractivity contribution in [2.75, 3.05) is 12.4 Å². The van der Waals surface area contributed by atoms with Gasteiger partial charge in [0.25, 0.3) is 0 Å². The topological polar surface area (TPSA) is 53.6 Å². The first kappa shape index (κ1) is 9.84. The van der Waals surface area contributed by atoms with Crippen LogP contribution in [0.4, 0.5) is 5.82 Å². The van der Waals surface area contributed by atoms with Crippen LogP contribution in [0.15, 0.2) is 42.7 Å². The first-order valence-corrected chi connectivity index (χ1v) is 5.44. The van der Waals surface area contributed by atoms with Crippen LogP contribution in [0.25, 0.3) is 22.0 Å². The Morgan fingerprint density at radius 2 is 2.00 bits per heavy atom. The van der Waals surface area contributed by atoms with Gasteiger partial charge in [-0.15, -0.1) is 0 Å². The average molecular weight is 224 g/mol. The van der Waals surface area contributed by atoms with E-state index in [1.807, 2.05) is 31.4 Å². The van der Waals surface area contributed by atoms with Crippen molar-refractivity contribution < 1.29 is 0 Å². The molecule has 0 radical (unpaired) electrons. The summed E-state index contributed by atoms with van der Waals surface area (Å²) in [7, 11) is 1.87. The third kappa shape index (κ3) is 1.73. The normalized spacial score (nSPS) is 10.6. The Balaban J connectivity index is 2.12. The molecule has 4 heteroatoms. The van der Waals surface area contributed by atoms with Gasteiger partial charge in [0.15, 0.2) is 0 Å². The minimum Gasteiger partial charge on any atom is -0.373 e. The van der Waals surface area contributed by atoms with E-state index >= 15 is 0 Å². The molecule has 0 atom stereocenters. The summed E-state index contributed by atoms with van der Waals surface area (Å²) in [6.07, 6.45) is 3.64. The Kier molecular flexibility index (Phi) is 2.26. The van der Waals surface area contributed by atoms with E-state index in [-0.39, 0.29) is 0 Å². The van der Waals surface area contributed by atoms with Gasteiger partial charge < -0.3 is 5.32 Å². The number of aromatic amines is 1. The summed E-state index contributed by atoms with van der Waals surface area (Å²) in [6, 6.07) is 10.3. The Labute approximate surface area is 98.7 Å². The standard InChI is InChI=1S/C13H12N4/c1-14-13-7-10(4-5-15-13)9-2-3-12-11(6-9)8-16-17-12/h2-8H,1H3,(H,14,15)(H,16,17). The number of pyridine rings is 1. The number of nitrogens with one attached hydrogen (secondary N) is 2. The van der Waals surface area contributed by atoms with Crippen LogP contribution in [-0.4, -0.2) is 22.2 Å². The Bertz CT molecular complexity index is 657. The maximum absolute atomic E-state index is 4.21. The molecule has 0 aliphatic heterocycles. The molecule has 2 heterocycles. The van der Waals surface area contributed by atoms with Gasteiger partial charge in [-0.1, -0.05) is 6.07 Å². The van der Waals surface area contributed by atoms with E-state index in [0.717, 1.165) is 27.8 Å². The van der Waals surface area contributed by atoms with Crippen molar-refractivity contribution in [2.24, 2.45) is 0 Å². The molecule has 3 aromatic rings.